The predicted molar refractivity (Wildman–Crippen MR) is 41.5 cm³/mol. The number of halogens is 1. The van der Waals surface area contributed by atoms with Crippen LogP contribution in [0.4, 0.5) is 0 Å². The fourth-order valence-electron chi connectivity index (χ4n) is 0.514. The smallest absolute Gasteiger partial charge is 0.316 e. The molecule has 0 aliphatic heterocycles. The van der Waals surface area contributed by atoms with Gasteiger partial charge in [0.1, 0.15) is 5.92 Å². The van der Waals surface area contributed by atoms with E-state index in [1.807, 2.05) is 0 Å². The molecule has 4 heteroatoms. The summed E-state index contributed by atoms with van der Waals surface area (Å²) in [5.41, 5.74) is 0. The molecule has 1 unspecified atom stereocenters. The molecule has 3 nitrogen and oxygen atoms in total. The Labute approximate surface area is 70.7 Å². The second kappa shape index (κ2) is 5.13. The van der Waals surface area contributed by atoms with Gasteiger partial charge < -0.3 is 4.74 Å². The zero-order chi connectivity index (χ0) is 8.85. The van der Waals surface area contributed by atoms with Crippen molar-refractivity contribution in [3.05, 3.63) is 0 Å². The number of esters is 1. The normalized spacial score (nSPS) is 12.3. The summed E-state index contributed by atoms with van der Waals surface area (Å²) in [7, 11) is 0. The SMILES string of the molecule is CCOC(=O)C(C)C(=O)CCl. The molecule has 1 atom stereocenters. The lowest BCUT2D eigenvalue weighted by molar-refractivity contribution is -0.150. The van der Waals surface area contributed by atoms with Gasteiger partial charge in [-0.15, -0.1) is 11.6 Å². The molecular formula is C7H11ClO3. The summed E-state index contributed by atoms with van der Waals surface area (Å²) in [4.78, 5) is 21.6. The largest absolute Gasteiger partial charge is 0.465 e. The maximum absolute atomic E-state index is 10.8. The summed E-state index contributed by atoms with van der Waals surface area (Å²) in [6, 6.07) is 0. The highest BCUT2D eigenvalue weighted by Gasteiger charge is 2.20. The van der Waals surface area contributed by atoms with Crippen LogP contribution >= 0.6 is 11.6 Å². The lowest BCUT2D eigenvalue weighted by Crippen LogP contribution is -2.24. The molecule has 0 aromatic heterocycles. The number of hydrogen-bond donors (Lipinski definition) is 0. The van der Waals surface area contributed by atoms with Crippen molar-refractivity contribution in [2.45, 2.75) is 13.8 Å². The lowest BCUT2D eigenvalue weighted by atomic mass is 10.1. The highest BCUT2D eigenvalue weighted by Crippen LogP contribution is 2.01. The van der Waals surface area contributed by atoms with Gasteiger partial charge in [0.15, 0.2) is 5.78 Å². The molecule has 0 radical (unpaired) electrons. The summed E-state index contributed by atoms with van der Waals surface area (Å²) >= 11 is 5.23. The Morgan fingerprint density at radius 2 is 2.09 bits per heavy atom. The van der Waals surface area contributed by atoms with Gasteiger partial charge in [0, 0.05) is 0 Å². The van der Waals surface area contributed by atoms with Gasteiger partial charge in [-0.25, -0.2) is 0 Å². The van der Waals surface area contributed by atoms with E-state index in [-0.39, 0.29) is 11.7 Å². The van der Waals surface area contributed by atoms with E-state index in [1.165, 1.54) is 6.92 Å². The van der Waals surface area contributed by atoms with Gasteiger partial charge in [0.2, 0.25) is 0 Å². The number of Topliss-reactive ketones (excluding diaryl/α,β-unsaturated/α-hetero) is 1. The second-order valence-corrected chi connectivity index (χ2v) is 2.34. The van der Waals surface area contributed by atoms with E-state index in [4.69, 9.17) is 11.6 Å². The van der Waals surface area contributed by atoms with Crippen molar-refractivity contribution < 1.29 is 14.3 Å². The number of carbonyl (C=O) groups is 2. The summed E-state index contributed by atoms with van der Waals surface area (Å²) < 4.78 is 4.61. The molecular weight excluding hydrogens is 168 g/mol. The van der Waals surface area contributed by atoms with Crippen LogP contribution in [0.3, 0.4) is 0 Å². The number of rotatable bonds is 4. The van der Waals surface area contributed by atoms with Crippen LogP contribution in [0, 0.1) is 5.92 Å². The van der Waals surface area contributed by atoms with Gasteiger partial charge in [-0.3, -0.25) is 9.59 Å². The highest BCUT2D eigenvalue weighted by molar-refractivity contribution is 6.29. The third-order valence-corrected chi connectivity index (χ3v) is 1.52. The van der Waals surface area contributed by atoms with Crippen molar-refractivity contribution in [3.63, 3.8) is 0 Å². The van der Waals surface area contributed by atoms with Gasteiger partial charge in [-0.2, -0.15) is 0 Å². The van der Waals surface area contributed by atoms with Crippen LogP contribution in [0.15, 0.2) is 0 Å². The number of alkyl halides is 1. The molecule has 0 fully saturated rings. The van der Waals surface area contributed by atoms with E-state index >= 15 is 0 Å². The number of ether oxygens (including phenoxy) is 1. The molecule has 11 heavy (non-hydrogen) atoms. The molecule has 0 N–H and O–H groups in total. The Balaban J connectivity index is 3.91. The Kier molecular flexibility index (Phi) is 4.86. The first kappa shape index (κ1) is 10.4. The zero-order valence-electron chi connectivity index (χ0n) is 6.59. The monoisotopic (exact) mass is 178 g/mol. The van der Waals surface area contributed by atoms with Gasteiger partial charge in [0.25, 0.3) is 0 Å². The summed E-state index contributed by atoms with van der Waals surface area (Å²) in [5, 5.41) is 0. The molecule has 0 saturated carbocycles. The fourth-order valence-corrected chi connectivity index (χ4v) is 0.746. The third-order valence-electron chi connectivity index (χ3n) is 1.25. The molecule has 0 heterocycles. The van der Waals surface area contributed by atoms with Crippen molar-refractivity contribution >= 4 is 23.4 Å². The van der Waals surface area contributed by atoms with E-state index in [0.717, 1.165) is 0 Å². The quantitative estimate of drug-likeness (QED) is 0.366. The topological polar surface area (TPSA) is 43.4 Å². The van der Waals surface area contributed by atoms with Crippen LogP contribution in [0.2, 0.25) is 0 Å². The first-order valence-electron chi connectivity index (χ1n) is 3.38. The zero-order valence-corrected chi connectivity index (χ0v) is 7.35. The van der Waals surface area contributed by atoms with Crippen LogP contribution in [0.5, 0.6) is 0 Å². The molecule has 0 spiro atoms. The van der Waals surface area contributed by atoms with Gasteiger partial charge >= 0.3 is 5.97 Å². The fraction of sp³-hybridized carbons (Fsp3) is 0.714. The van der Waals surface area contributed by atoms with E-state index in [9.17, 15) is 9.59 Å². The molecule has 0 saturated heterocycles. The van der Waals surface area contributed by atoms with Crippen LogP contribution in [0.25, 0.3) is 0 Å². The minimum Gasteiger partial charge on any atom is -0.465 e. The van der Waals surface area contributed by atoms with Gasteiger partial charge in [-0.1, -0.05) is 0 Å². The predicted octanol–water partition coefficient (Wildman–Crippen LogP) is 0.994. The standard InChI is InChI=1S/C7H11ClO3/c1-3-11-7(10)5(2)6(9)4-8/h5H,3-4H2,1-2H3. The Bertz CT molecular complexity index is 156. The molecule has 64 valence electrons. The molecule has 0 aliphatic rings. The molecule has 0 rings (SSSR count). The van der Waals surface area contributed by atoms with Crippen molar-refractivity contribution in [2.24, 2.45) is 5.92 Å². The average molecular weight is 179 g/mol. The van der Waals surface area contributed by atoms with Crippen molar-refractivity contribution in [1.29, 1.82) is 0 Å². The minimum atomic E-state index is -0.729. The average Bonchev–Trinajstić information content (AvgIpc) is 2.02. The summed E-state index contributed by atoms with van der Waals surface area (Å²) in [6.07, 6.45) is 0. The van der Waals surface area contributed by atoms with E-state index in [2.05, 4.69) is 4.74 Å². The van der Waals surface area contributed by atoms with Gasteiger partial charge in [-0.05, 0) is 13.8 Å². The number of carbonyl (C=O) groups excluding carboxylic acids is 2. The Hall–Kier alpha value is -0.570. The molecule has 0 aromatic carbocycles. The Morgan fingerprint density at radius 3 is 2.45 bits per heavy atom. The highest BCUT2D eigenvalue weighted by atomic mass is 35.5. The number of hydrogen-bond acceptors (Lipinski definition) is 3. The number of ketones is 1. The van der Waals surface area contributed by atoms with Crippen LogP contribution in [0.1, 0.15) is 13.8 Å². The van der Waals surface area contributed by atoms with Crippen molar-refractivity contribution in [3.8, 4) is 0 Å². The first-order valence-corrected chi connectivity index (χ1v) is 3.92. The summed E-state index contributed by atoms with van der Waals surface area (Å²) in [6.45, 7) is 3.47. The van der Waals surface area contributed by atoms with Crippen LogP contribution in [-0.4, -0.2) is 24.2 Å². The second-order valence-electron chi connectivity index (χ2n) is 2.07. The van der Waals surface area contributed by atoms with E-state index in [0.29, 0.717) is 6.61 Å². The maximum atomic E-state index is 10.8. The third kappa shape index (κ3) is 3.37. The molecule has 0 aliphatic carbocycles. The van der Waals surface area contributed by atoms with Crippen molar-refractivity contribution in [1.82, 2.24) is 0 Å². The Morgan fingerprint density at radius 1 is 1.55 bits per heavy atom. The lowest BCUT2D eigenvalue weighted by Gasteiger charge is -2.06. The molecule has 0 bridgehead atoms. The maximum Gasteiger partial charge on any atom is 0.316 e. The van der Waals surface area contributed by atoms with E-state index in [1.54, 1.807) is 6.92 Å². The molecule has 0 amide bonds. The van der Waals surface area contributed by atoms with Crippen LogP contribution in [-0.2, 0) is 14.3 Å². The summed E-state index contributed by atoms with van der Waals surface area (Å²) in [5.74, 6) is -1.67. The van der Waals surface area contributed by atoms with Crippen molar-refractivity contribution in [2.75, 3.05) is 12.5 Å². The minimum absolute atomic E-state index is 0.139. The van der Waals surface area contributed by atoms with Crippen LogP contribution < -0.4 is 0 Å². The van der Waals surface area contributed by atoms with Gasteiger partial charge in [0.05, 0.1) is 12.5 Å². The van der Waals surface area contributed by atoms with E-state index < -0.39 is 11.9 Å². The first-order chi connectivity index (χ1) is 5.13. The molecule has 0 aromatic rings.